The van der Waals surface area contributed by atoms with Crippen molar-refractivity contribution in [3.8, 4) is 5.75 Å². The number of hydrogen-bond donors (Lipinski definition) is 0. The normalized spacial score (nSPS) is 23.2. The molecule has 1 heterocycles. The average Bonchev–Trinajstić information content (AvgIpc) is 2.40. The monoisotopic (exact) mass is 327 g/mol. The highest BCUT2D eigenvalue weighted by Crippen LogP contribution is 2.17. The van der Waals surface area contributed by atoms with E-state index in [1.165, 1.54) is 0 Å². The molecule has 0 spiro atoms. The number of carbonyl (C=O) groups is 1. The molecule has 4 nitrogen and oxygen atoms in total. The van der Waals surface area contributed by atoms with Gasteiger partial charge < -0.3 is 14.4 Å². The van der Waals surface area contributed by atoms with Gasteiger partial charge in [0.15, 0.2) is 6.61 Å². The molecule has 1 aliphatic heterocycles. The summed E-state index contributed by atoms with van der Waals surface area (Å²) in [6.07, 6.45) is 0.0906. The zero-order chi connectivity index (χ0) is 13.8. The molecule has 1 aromatic rings. The van der Waals surface area contributed by atoms with E-state index in [0.29, 0.717) is 18.9 Å². The summed E-state index contributed by atoms with van der Waals surface area (Å²) >= 11 is 3.36. The Kier molecular flexibility index (Phi) is 4.82. The Labute approximate surface area is 121 Å². The van der Waals surface area contributed by atoms with Crippen LogP contribution in [0.2, 0.25) is 0 Å². The van der Waals surface area contributed by atoms with E-state index in [1.807, 2.05) is 43.0 Å². The zero-order valence-corrected chi connectivity index (χ0v) is 12.7. The van der Waals surface area contributed by atoms with Crippen LogP contribution in [0.3, 0.4) is 0 Å². The molecule has 1 saturated heterocycles. The number of amides is 1. The minimum Gasteiger partial charge on any atom is -0.484 e. The fourth-order valence-electron chi connectivity index (χ4n) is 2.01. The van der Waals surface area contributed by atoms with E-state index in [1.54, 1.807) is 0 Å². The van der Waals surface area contributed by atoms with E-state index in [-0.39, 0.29) is 24.7 Å². The lowest BCUT2D eigenvalue weighted by molar-refractivity contribution is -0.145. The summed E-state index contributed by atoms with van der Waals surface area (Å²) in [5, 5.41) is 0. The SMILES string of the molecule is CC1CN(C(=O)COc2ccc(Br)cc2)C(C)CO1. The van der Waals surface area contributed by atoms with Crippen molar-refractivity contribution in [2.75, 3.05) is 19.8 Å². The number of halogens is 1. The smallest absolute Gasteiger partial charge is 0.260 e. The Hall–Kier alpha value is -1.07. The van der Waals surface area contributed by atoms with Gasteiger partial charge in [-0.1, -0.05) is 15.9 Å². The van der Waals surface area contributed by atoms with Crippen LogP contribution in [0.25, 0.3) is 0 Å². The topological polar surface area (TPSA) is 38.8 Å². The van der Waals surface area contributed by atoms with E-state index >= 15 is 0 Å². The quantitative estimate of drug-likeness (QED) is 0.856. The summed E-state index contributed by atoms with van der Waals surface area (Å²) in [4.78, 5) is 14.0. The summed E-state index contributed by atoms with van der Waals surface area (Å²) in [6.45, 7) is 5.25. The van der Waals surface area contributed by atoms with Gasteiger partial charge in [0, 0.05) is 11.0 Å². The fraction of sp³-hybridized carbons (Fsp3) is 0.500. The first kappa shape index (κ1) is 14.3. The molecule has 0 radical (unpaired) electrons. The van der Waals surface area contributed by atoms with Crippen molar-refractivity contribution in [2.24, 2.45) is 0 Å². The highest BCUT2D eigenvalue weighted by molar-refractivity contribution is 9.10. The van der Waals surface area contributed by atoms with E-state index in [2.05, 4.69) is 15.9 Å². The Morgan fingerprint density at radius 3 is 2.79 bits per heavy atom. The van der Waals surface area contributed by atoms with Gasteiger partial charge in [0.05, 0.1) is 18.8 Å². The molecule has 2 rings (SSSR count). The van der Waals surface area contributed by atoms with Gasteiger partial charge in [0.1, 0.15) is 5.75 Å². The van der Waals surface area contributed by atoms with Gasteiger partial charge in [-0.25, -0.2) is 0 Å². The maximum atomic E-state index is 12.1. The van der Waals surface area contributed by atoms with Crippen molar-refractivity contribution >= 4 is 21.8 Å². The molecule has 2 unspecified atom stereocenters. The molecular weight excluding hydrogens is 310 g/mol. The van der Waals surface area contributed by atoms with Crippen LogP contribution in [0, 0.1) is 0 Å². The summed E-state index contributed by atoms with van der Waals surface area (Å²) in [7, 11) is 0. The van der Waals surface area contributed by atoms with Crippen molar-refractivity contribution in [1.29, 1.82) is 0 Å². The van der Waals surface area contributed by atoms with Gasteiger partial charge in [0.25, 0.3) is 5.91 Å². The maximum absolute atomic E-state index is 12.1. The first-order valence-corrected chi connectivity index (χ1v) is 7.15. The molecule has 1 fully saturated rings. The van der Waals surface area contributed by atoms with Crippen molar-refractivity contribution in [3.05, 3.63) is 28.7 Å². The lowest BCUT2D eigenvalue weighted by atomic mass is 10.2. The summed E-state index contributed by atoms with van der Waals surface area (Å²) < 4.78 is 12.0. The minimum atomic E-state index is 0.00516. The molecule has 104 valence electrons. The van der Waals surface area contributed by atoms with Crippen LogP contribution in [0.1, 0.15) is 13.8 Å². The van der Waals surface area contributed by atoms with Gasteiger partial charge in [-0.05, 0) is 38.1 Å². The van der Waals surface area contributed by atoms with E-state index in [9.17, 15) is 4.79 Å². The zero-order valence-electron chi connectivity index (χ0n) is 11.1. The third-order valence-electron chi connectivity index (χ3n) is 3.10. The number of hydrogen-bond acceptors (Lipinski definition) is 3. The average molecular weight is 328 g/mol. The fourth-order valence-corrected chi connectivity index (χ4v) is 2.27. The molecular formula is C14H18BrNO3. The predicted molar refractivity (Wildman–Crippen MR) is 76.2 cm³/mol. The molecule has 0 aromatic heterocycles. The summed E-state index contributed by atoms with van der Waals surface area (Å²) in [6, 6.07) is 7.56. The van der Waals surface area contributed by atoms with Crippen molar-refractivity contribution in [2.45, 2.75) is 26.0 Å². The number of morpholine rings is 1. The summed E-state index contributed by atoms with van der Waals surface area (Å²) in [5.74, 6) is 0.705. The number of nitrogens with zero attached hydrogens (tertiary/aromatic N) is 1. The summed E-state index contributed by atoms with van der Waals surface area (Å²) in [5.41, 5.74) is 0. The highest BCUT2D eigenvalue weighted by atomic mass is 79.9. The number of carbonyl (C=O) groups excluding carboxylic acids is 1. The van der Waals surface area contributed by atoms with Crippen LogP contribution < -0.4 is 4.74 Å². The van der Waals surface area contributed by atoms with Crippen LogP contribution in [0.15, 0.2) is 28.7 Å². The number of rotatable bonds is 3. The second kappa shape index (κ2) is 6.39. The van der Waals surface area contributed by atoms with E-state index < -0.39 is 0 Å². The van der Waals surface area contributed by atoms with E-state index in [4.69, 9.17) is 9.47 Å². The van der Waals surface area contributed by atoms with Crippen molar-refractivity contribution in [1.82, 2.24) is 4.90 Å². The van der Waals surface area contributed by atoms with Gasteiger partial charge in [-0.3, -0.25) is 4.79 Å². The maximum Gasteiger partial charge on any atom is 0.260 e. The predicted octanol–water partition coefficient (Wildman–Crippen LogP) is 2.46. The van der Waals surface area contributed by atoms with E-state index in [0.717, 1.165) is 4.47 Å². The highest BCUT2D eigenvalue weighted by Gasteiger charge is 2.27. The second-order valence-electron chi connectivity index (χ2n) is 4.78. The molecule has 5 heteroatoms. The Balaban J connectivity index is 1.88. The van der Waals surface area contributed by atoms with Crippen LogP contribution in [0.5, 0.6) is 5.75 Å². The van der Waals surface area contributed by atoms with Gasteiger partial charge in [-0.2, -0.15) is 0 Å². The molecule has 19 heavy (non-hydrogen) atoms. The van der Waals surface area contributed by atoms with Gasteiger partial charge in [0.2, 0.25) is 0 Å². The molecule has 2 atom stereocenters. The standard InChI is InChI=1S/C14H18BrNO3/c1-10-8-18-11(2)7-16(10)14(17)9-19-13-5-3-12(15)4-6-13/h3-6,10-11H,7-9H2,1-2H3. The van der Waals surface area contributed by atoms with Crippen LogP contribution >= 0.6 is 15.9 Å². The third-order valence-corrected chi connectivity index (χ3v) is 3.63. The third kappa shape index (κ3) is 3.94. The molecule has 0 aliphatic carbocycles. The molecule has 0 bridgehead atoms. The van der Waals surface area contributed by atoms with Crippen LogP contribution in [-0.2, 0) is 9.53 Å². The van der Waals surface area contributed by atoms with Crippen LogP contribution in [-0.4, -0.2) is 42.7 Å². The Morgan fingerprint density at radius 1 is 1.42 bits per heavy atom. The number of ether oxygens (including phenoxy) is 2. The molecule has 0 N–H and O–H groups in total. The Morgan fingerprint density at radius 2 is 2.11 bits per heavy atom. The largest absolute Gasteiger partial charge is 0.484 e. The Bertz CT molecular complexity index is 435. The van der Waals surface area contributed by atoms with Crippen molar-refractivity contribution < 1.29 is 14.3 Å². The molecule has 0 saturated carbocycles. The first-order valence-electron chi connectivity index (χ1n) is 6.35. The van der Waals surface area contributed by atoms with Crippen molar-refractivity contribution in [3.63, 3.8) is 0 Å². The number of benzene rings is 1. The second-order valence-corrected chi connectivity index (χ2v) is 5.70. The molecule has 1 aliphatic rings. The van der Waals surface area contributed by atoms with Crippen LogP contribution in [0.4, 0.5) is 0 Å². The lowest BCUT2D eigenvalue weighted by Crippen LogP contribution is -2.51. The lowest BCUT2D eigenvalue weighted by Gasteiger charge is -2.36. The first-order chi connectivity index (χ1) is 9.06. The minimum absolute atomic E-state index is 0.00516. The molecule has 1 amide bonds. The van der Waals surface area contributed by atoms with Gasteiger partial charge >= 0.3 is 0 Å². The molecule has 1 aromatic carbocycles. The van der Waals surface area contributed by atoms with Gasteiger partial charge in [-0.15, -0.1) is 0 Å².